The van der Waals surface area contributed by atoms with Gasteiger partial charge in [-0.25, -0.2) is 4.79 Å². The minimum Gasteiger partial charge on any atom is -0.477 e. The summed E-state index contributed by atoms with van der Waals surface area (Å²) in [5, 5.41) is 8.89. The van der Waals surface area contributed by atoms with E-state index in [1.807, 2.05) is 0 Å². The highest BCUT2D eigenvalue weighted by Gasteiger charge is 2.34. The number of alkyl halides is 3. The monoisotopic (exact) mass is 317 g/mol. The molecular weight excluding hydrogens is 307 g/mol. The molecule has 0 aromatic carbocycles. The summed E-state index contributed by atoms with van der Waals surface area (Å²) in [5.41, 5.74) is -1.46. The average Bonchev–Trinajstić information content (AvgIpc) is 2.72. The minimum atomic E-state index is -4.65. The number of nitrogens with zero attached hydrogens (tertiary/aromatic N) is 1. The van der Waals surface area contributed by atoms with Crippen LogP contribution in [0.2, 0.25) is 0 Å². The smallest absolute Gasteiger partial charge is 0.431 e. The summed E-state index contributed by atoms with van der Waals surface area (Å²) in [7, 11) is 0. The molecule has 0 bridgehead atoms. The van der Waals surface area contributed by atoms with Gasteiger partial charge in [-0.05, 0) is 24.6 Å². The summed E-state index contributed by atoms with van der Waals surface area (Å²) in [6, 6.07) is 4.20. The molecule has 8 heteroatoms. The summed E-state index contributed by atoms with van der Waals surface area (Å²) in [5.74, 6) is -1.15. The number of aromatic nitrogens is 1. The number of hydrogen-bond donors (Lipinski definition) is 1. The van der Waals surface area contributed by atoms with Crippen LogP contribution < -0.4 is 5.56 Å². The van der Waals surface area contributed by atoms with Crippen LogP contribution in [0.1, 0.15) is 25.8 Å². The molecule has 0 aliphatic heterocycles. The van der Waals surface area contributed by atoms with Crippen molar-refractivity contribution in [2.45, 2.75) is 19.6 Å². The maximum absolute atomic E-state index is 12.9. The molecule has 0 amide bonds. The third-order valence-corrected chi connectivity index (χ3v) is 3.98. The molecular formula is C13H10F3NO3S. The first-order valence-corrected chi connectivity index (χ1v) is 6.61. The number of rotatable bonds is 3. The van der Waals surface area contributed by atoms with Crippen LogP contribution in [0.25, 0.3) is 0 Å². The van der Waals surface area contributed by atoms with Crippen LogP contribution in [0.15, 0.2) is 29.1 Å². The van der Waals surface area contributed by atoms with E-state index >= 15 is 0 Å². The lowest BCUT2D eigenvalue weighted by Gasteiger charge is -2.14. The SMILES string of the molecule is Cc1sc(C(=O)O)cc1Cn1c(C(F)(F)F)cccc1=O. The number of hydrogen-bond acceptors (Lipinski definition) is 3. The van der Waals surface area contributed by atoms with Crippen molar-refractivity contribution in [2.24, 2.45) is 0 Å². The van der Waals surface area contributed by atoms with Crippen molar-refractivity contribution in [2.75, 3.05) is 0 Å². The third-order valence-electron chi connectivity index (χ3n) is 2.90. The molecule has 1 N–H and O–H groups in total. The van der Waals surface area contributed by atoms with Crippen molar-refractivity contribution in [1.29, 1.82) is 0 Å². The predicted octanol–water partition coefficient (Wildman–Crippen LogP) is 2.98. The lowest BCUT2D eigenvalue weighted by atomic mass is 10.2. The Labute approximate surface area is 121 Å². The molecule has 0 atom stereocenters. The Hall–Kier alpha value is -2.09. The zero-order chi connectivity index (χ0) is 15.8. The van der Waals surface area contributed by atoms with Crippen LogP contribution >= 0.6 is 11.3 Å². The Kier molecular flexibility index (Phi) is 3.91. The Bertz CT molecular complexity index is 746. The van der Waals surface area contributed by atoms with Crippen molar-refractivity contribution in [3.05, 3.63) is 55.6 Å². The van der Waals surface area contributed by atoms with Gasteiger partial charge in [0.05, 0.1) is 6.54 Å². The molecule has 0 saturated heterocycles. The molecule has 0 unspecified atom stereocenters. The highest BCUT2D eigenvalue weighted by atomic mass is 32.1. The first-order valence-electron chi connectivity index (χ1n) is 5.80. The van der Waals surface area contributed by atoms with Crippen LogP contribution in [0.5, 0.6) is 0 Å². The standard InChI is InChI=1S/C13H10F3NO3S/c1-7-8(5-9(21-7)12(19)20)6-17-10(13(14,15)16)3-2-4-11(17)18/h2-5H,6H2,1H3,(H,19,20). The molecule has 0 aliphatic carbocycles. The van der Waals surface area contributed by atoms with E-state index in [0.717, 1.165) is 29.5 Å². The highest BCUT2D eigenvalue weighted by molar-refractivity contribution is 7.14. The lowest BCUT2D eigenvalue weighted by molar-refractivity contribution is -0.144. The first-order chi connectivity index (χ1) is 9.70. The fourth-order valence-electron chi connectivity index (χ4n) is 1.88. The summed E-state index contributed by atoms with van der Waals surface area (Å²) in [4.78, 5) is 23.2. The van der Waals surface area contributed by atoms with Crippen molar-refractivity contribution in [3.8, 4) is 0 Å². The second-order valence-corrected chi connectivity index (χ2v) is 5.59. The van der Waals surface area contributed by atoms with Crippen LogP contribution in [0.3, 0.4) is 0 Å². The van der Waals surface area contributed by atoms with E-state index in [-0.39, 0.29) is 11.4 Å². The summed E-state index contributed by atoms with van der Waals surface area (Å²) in [6.45, 7) is 1.29. The molecule has 0 radical (unpaired) electrons. The number of pyridine rings is 1. The third kappa shape index (κ3) is 3.15. The number of carboxylic acids is 1. The normalized spacial score (nSPS) is 11.6. The fraction of sp³-hybridized carbons (Fsp3) is 0.231. The summed E-state index contributed by atoms with van der Waals surface area (Å²) >= 11 is 0.965. The zero-order valence-electron chi connectivity index (χ0n) is 10.8. The van der Waals surface area contributed by atoms with Gasteiger partial charge in [-0.2, -0.15) is 13.2 Å². The van der Waals surface area contributed by atoms with Gasteiger partial charge in [-0.1, -0.05) is 6.07 Å². The van der Waals surface area contributed by atoms with Crippen LogP contribution in [-0.2, 0) is 12.7 Å². The van der Waals surface area contributed by atoms with Gasteiger partial charge in [0.25, 0.3) is 5.56 Å². The van der Waals surface area contributed by atoms with E-state index < -0.39 is 23.4 Å². The Morgan fingerprint density at radius 1 is 1.38 bits per heavy atom. The summed E-state index contributed by atoms with van der Waals surface area (Å²) in [6.07, 6.45) is -4.65. The maximum atomic E-state index is 12.9. The van der Waals surface area contributed by atoms with Gasteiger partial charge in [0.1, 0.15) is 10.6 Å². The highest BCUT2D eigenvalue weighted by Crippen LogP contribution is 2.29. The zero-order valence-corrected chi connectivity index (χ0v) is 11.6. The van der Waals surface area contributed by atoms with E-state index in [1.165, 1.54) is 6.07 Å². The number of aryl methyl sites for hydroxylation is 1. The van der Waals surface area contributed by atoms with Crippen LogP contribution in [0, 0.1) is 6.92 Å². The predicted molar refractivity (Wildman–Crippen MR) is 70.8 cm³/mol. The Morgan fingerprint density at radius 2 is 2.05 bits per heavy atom. The van der Waals surface area contributed by atoms with E-state index in [1.54, 1.807) is 6.92 Å². The van der Waals surface area contributed by atoms with E-state index in [0.29, 0.717) is 15.0 Å². The van der Waals surface area contributed by atoms with Crippen LogP contribution in [-0.4, -0.2) is 15.6 Å². The first kappa shape index (κ1) is 15.3. The number of aromatic carboxylic acids is 1. The van der Waals surface area contributed by atoms with Gasteiger partial charge in [-0.15, -0.1) is 11.3 Å². The molecule has 0 aliphatic rings. The molecule has 4 nitrogen and oxygen atoms in total. The van der Waals surface area contributed by atoms with Gasteiger partial charge < -0.3 is 5.11 Å². The number of thiophene rings is 1. The Balaban J connectivity index is 2.50. The molecule has 0 spiro atoms. The molecule has 2 heterocycles. The van der Waals surface area contributed by atoms with Gasteiger partial charge in [-0.3, -0.25) is 9.36 Å². The molecule has 2 rings (SSSR count). The largest absolute Gasteiger partial charge is 0.477 e. The van der Waals surface area contributed by atoms with Gasteiger partial charge in [0.15, 0.2) is 0 Å². The van der Waals surface area contributed by atoms with Crippen molar-refractivity contribution >= 4 is 17.3 Å². The summed E-state index contributed by atoms with van der Waals surface area (Å²) < 4.78 is 39.3. The number of halogens is 3. The van der Waals surface area contributed by atoms with Crippen molar-refractivity contribution < 1.29 is 23.1 Å². The van der Waals surface area contributed by atoms with Gasteiger partial charge in [0, 0.05) is 10.9 Å². The molecule has 0 saturated carbocycles. The van der Waals surface area contributed by atoms with E-state index in [2.05, 4.69) is 0 Å². The molecule has 21 heavy (non-hydrogen) atoms. The van der Waals surface area contributed by atoms with E-state index in [9.17, 15) is 22.8 Å². The molecule has 112 valence electrons. The lowest BCUT2D eigenvalue weighted by Crippen LogP contribution is -2.27. The van der Waals surface area contributed by atoms with Crippen LogP contribution in [0.4, 0.5) is 13.2 Å². The van der Waals surface area contributed by atoms with Gasteiger partial charge in [0.2, 0.25) is 0 Å². The maximum Gasteiger partial charge on any atom is 0.431 e. The molecule has 2 aromatic heterocycles. The van der Waals surface area contributed by atoms with Crippen molar-refractivity contribution in [3.63, 3.8) is 0 Å². The number of carboxylic acid groups (broad SMARTS) is 1. The minimum absolute atomic E-state index is 0.0278. The molecule has 0 fully saturated rings. The van der Waals surface area contributed by atoms with Crippen molar-refractivity contribution in [1.82, 2.24) is 4.57 Å². The second-order valence-electron chi connectivity index (χ2n) is 4.33. The topological polar surface area (TPSA) is 59.3 Å². The molecule has 2 aromatic rings. The number of carbonyl (C=O) groups is 1. The fourth-order valence-corrected chi connectivity index (χ4v) is 2.76. The van der Waals surface area contributed by atoms with E-state index in [4.69, 9.17) is 5.11 Å². The Morgan fingerprint density at radius 3 is 2.57 bits per heavy atom. The van der Waals surface area contributed by atoms with Gasteiger partial charge >= 0.3 is 12.1 Å². The second kappa shape index (κ2) is 5.36. The average molecular weight is 317 g/mol. The quantitative estimate of drug-likeness (QED) is 0.947.